The average Bonchev–Trinajstić information content (AvgIpc) is 3.01. The van der Waals surface area contributed by atoms with Gasteiger partial charge in [-0.2, -0.15) is 0 Å². The molecule has 0 radical (unpaired) electrons. The highest BCUT2D eigenvalue weighted by Gasteiger charge is 2.15. The van der Waals surface area contributed by atoms with Crippen LogP contribution in [0.25, 0.3) is 0 Å². The minimum Gasteiger partial charge on any atom is -0.343 e. The lowest BCUT2D eigenvalue weighted by Crippen LogP contribution is -2.35. The number of anilines is 2. The van der Waals surface area contributed by atoms with E-state index in [0.717, 1.165) is 4.88 Å². The van der Waals surface area contributed by atoms with E-state index >= 15 is 0 Å². The predicted octanol–water partition coefficient (Wildman–Crippen LogP) is 2.27. The van der Waals surface area contributed by atoms with E-state index in [1.807, 2.05) is 17.5 Å². The topological polar surface area (TPSA) is 87.3 Å². The van der Waals surface area contributed by atoms with Gasteiger partial charge in [0.05, 0.1) is 6.54 Å². The minimum atomic E-state index is -0.746. The second-order valence-corrected chi connectivity index (χ2v) is 5.91. The molecule has 120 valence electrons. The fraction of sp³-hybridized carbons (Fsp3) is 0.188. The van der Waals surface area contributed by atoms with E-state index in [9.17, 15) is 14.4 Å². The molecule has 0 atom stereocenters. The maximum atomic E-state index is 12.0. The van der Waals surface area contributed by atoms with Gasteiger partial charge >= 0.3 is 11.8 Å². The summed E-state index contributed by atoms with van der Waals surface area (Å²) in [6.07, 6.45) is 0. The second-order valence-electron chi connectivity index (χ2n) is 4.88. The zero-order valence-electron chi connectivity index (χ0n) is 12.8. The van der Waals surface area contributed by atoms with Crippen LogP contribution in [0.1, 0.15) is 17.4 Å². The molecule has 0 aliphatic rings. The molecular formula is C16H17N3O3S. The van der Waals surface area contributed by atoms with Crippen LogP contribution in [0.5, 0.6) is 0 Å². The molecule has 0 saturated carbocycles. The van der Waals surface area contributed by atoms with Gasteiger partial charge in [-0.05, 0) is 36.1 Å². The summed E-state index contributed by atoms with van der Waals surface area (Å²) in [5.41, 5.74) is 1.75. The molecule has 2 aromatic rings. The van der Waals surface area contributed by atoms with Crippen LogP contribution in [0.2, 0.25) is 0 Å². The molecule has 2 rings (SSSR count). The first-order chi connectivity index (χ1) is 11.0. The molecule has 0 spiro atoms. The molecule has 0 aliphatic carbocycles. The van der Waals surface area contributed by atoms with E-state index in [1.54, 1.807) is 25.1 Å². The normalized spacial score (nSPS) is 10.0. The van der Waals surface area contributed by atoms with Gasteiger partial charge in [0, 0.05) is 23.2 Å². The third-order valence-electron chi connectivity index (χ3n) is 3.10. The lowest BCUT2D eigenvalue weighted by Gasteiger charge is -2.12. The smallest absolute Gasteiger partial charge is 0.313 e. The third-order valence-corrected chi connectivity index (χ3v) is 3.98. The maximum absolute atomic E-state index is 12.0. The Hall–Kier alpha value is -2.67. The third kappa shape index (κ3) is 4.65. The Morgan fingerprint density at radius 3 is 2.30 bits per heavy atom. The van der Waals surface area contributed by atoms with Crippen molar-refractivity contribution in [3.05, 3.63) is 46.2 Å². The molecule has 0 saturated heterocycles. The van der Waals surface area contributed by atoms with Gasteiger partial charge in [-0.3, -0.25) is 14.4 Å². The van der Waals surface area contributed by atoms with Gasteiger partial charge in [-0.25, -0.2) is 0 Å². The Bertz CT molecular complexity index is 726. The Morgan fingerprint density at radius 2 is 1.70 bits per heavy atom. The lowest BCUT2D eigenvalue weighted by atomic mass is 10.1. The lowest BCUT2D eigenvalue weighted by molar-refractivity contribution is -0.136. The summed E-state index contributed by atoms with van der Waals surface area (Å²) in [4.78, 5) is 35.9. The van der Waals surface area contributed by atoms with Crippen molar-refractivity contribution in [1.29, 1.82) is 0 Å². The standard InChI is InChI=1S/C16H17N3O3S/c1-10-13(18-11(2)20)6-3-7-14(10)19-16(22)15(21)17-9-12-5-4-8-23-12/h3-8H,9H2,1-2H3,(H,17,21)(H,18,20)(H,19,22). The molecule has 0 unspecified atom stereocenters. The van der Waals surface area contributed by atoms with Gasteiger partial charge in [0.15, 0.2) is 0 Å². The number of hydrogen-bond acceptors (Lipinski definition) is 4. The molecule has 0 fully saturated rings. The molecule has 3 N–H and O–H groups in total. The van der Waals surface area contributed by atoms with Crippen molar-refractivity contribution < 1.29 is 14.4 Å². The van der Waals surface area contributed by atoms with Crippen LogP contribution in [0, 0.1) is 6.92 Å². The molecular weight excluding hydrogens is 314 g/mol. The van der Waals surface area contributed by atoms with Crippen molar-refractivity contribution in [3.8, 4) is 0 Å². The van der Waals surface area contributed by atoms with Crippen LogP contribution in [0.3, 0.4) is 0 Å². The second kappa shape index (κ2) is 7.55. The van der Waals surface area contributed by atoms with Crippen molar-refractivity contribution in [2.75, 3.05) is 10.6 Å². The molecule has 3 amide bonds. The van der Waals surface area contributed by atoms with E-state index in [1.165, 1.54) is 18.3 Å². The summed E-state index contributed by atoms with van der Waals surface area (Å²) in [6, 6.07) is 8.85. The van der Waals surface area contributed by atoms with E-state index in [2.05, 4.69) is 16.0 Å². The molecule has 0 aliphatic heterocycles. The fourth-order valence-corrected chi connectivity index (χ4v) is 2.58. The summed E-state index contributed by atoms with van der Waals surface area (Å²) < 4.78 is 0. The largest absolute Gasteiger partial charge is 0.343 e. The van der Waals surface area contributed by atoms with Crippen LogP contribution < -0.4 is 16.0 Å². The van der Waals surface area contributed by atoms with Gasteiger partial charge in [-0.1, -0.05) is 12.1 Å². The van der Waals surface area contributed by atoms with Gasteiger partial charge in [0.25, 0.3) is 0 Å². The molecule has 1 heterocycles. The number of hydrogen-bond donors (Lipinski definition) is 3. The number of rotatable bonds is 4. The first-order valence-electron chi connectivity index (χ1n) is 6.96. The van der Waals surface area contributed by atoms with Gasteiger partial charge < -0.3 is 16.0 Å². The highest BCUT2D eigenvalue weighted by molar-refractivity contribution is 7.09. The van der Waals surface area contributed by atoms with Crippen LogP contribution >= 0.6 is 11.3 Å². The average molecular weight is 331 g/mol. The first kappa shape index (κ1) is 16.7. The van der Waals surface area contributed by atoms with E-state index in [0.29, 0.717) is 23.5 Å². The van der Waals surface area contributed by atoms with Crippen molar-refractivity contribution in [2.24, 2.45) is 0 Å². The maximum Gasteiger partial charge on any atom is 0.313 e. The fourth-order valence-electron chi connectivity index (χ4n) is 1.94. The summed E-state index contributed by atoms with van der Waals surface area (Å²) in [5, 5.41) is 9.69. The highest BCUT2D eigenvalue weighted by Crippen LogP contribution is 2.23. The van der Waals surface area contributed by atoms with Gasteiger partial charge in [-0.15, -0.1) is 11.3 Å². The quantitative estimate of drug-likeness (QED) is 0.751. The minimum absolute atomic E-state index is 0.203. The van der Waals surface area contributed by atoms with E-state index in [4.69, 9.17) is 0 Å². The van der Waals surface area contributed by atoms with Crippen molar-refractivity contribution in [3.63, 3.8) is 0 Å². The van der Waals surface area contributed by atoms with Crippen molar-refractivity contribution in [2.45, 2.75) is 20.4 Å². The number of nitrogens with one attached hydrogen (secondary N) is 3. The number of carbonyl (C=O) groups excluding carboxylic acids is 3. The zero-order chi connectivity index (χ0) is 16.8. The molecule has 1 aromatic carbocycles. The van der Waals surface area contributed by atoms with Gasteiger partial charge in [0.1, 0.15) is 0 Å². The summed E-state index contributed by atoms with van der Waals surface area (Å²) >= 11 is 1.50. The molecule has 23 heavy (non-hydrogen) atoms. The molecule has 0 bridgehead atoms. The number of amides is 3. The first-order valence-corrected chi connectivity index (χ1v) is 7.84. The number of thiophene rings is 1. The molecule has 6 nitrogen and oxygen atoms in total. The SMILES string of the molecule is CC(=O)Nc1cccc(NC(=O)C(=O)NCc2cccs2)c1C. The number of benzene rings is 1. The van der Waals surface area contributed by atoms with Crippen LogP contribution in [-0.4, -0.2) is 17.7 Å². The van der Waals surface area contributed by atoms with Crippen LogP contribution in [-0.2, 0) is 20.9 Å². The Balaban J connectivity index is 1.99. The monoisotopic (exact) mass is 331 g/mol. The van der Waals surface area contributed by atoms with Crippen molar-refractivity contribution in [1.82, 2.24) is 5.32 Å². The summed E-state index contributed by atoms with van der Waals surface area (Å²) in [6.45, 7) is 3.47. The van der Waals surface area contributed by atoms with Crippen LogP contribution in [0.15, 0.2) is 35.7 Å². The highest BCUT2D eigenvalue weighted by atomic mass is 32.1. The van der Waals surface area contributed by atoms with Crippen molar-refractivity contribution >= 4 is 40.4 Å². The van der Waals surface area contributed by atoms with Gasteiger partial charge in [0.2, 0.25) is 5.91 Å². The molecule has 1 aromatic heterocycles. The Kier molecular flexibility index (Phi) is 5.48. The molecule has 7 heteroatoms. The Morgan fingerprint density at radius 1 is 1.00 bits per heavy atom. The van der Waals surface area contributed by atoms with E-state index in [-0.39, 0.29) is 5.91 Å². The summed E-state index contributed by atoms with van der Waals surface area (Å²) in [7, 11) is 0. The summed E-state index contributed by atoms with van der Waals surface area (Å²) in [5.74, 6) is -1.65. The van der Waals surface area contributed by atoms with E-state index < -0.39 is 11.8 Å². The Labute approximate surface area is 137 Å². The van der Waals surface area contributed by atoms with Crippen LogP contribution in [0.4, 0.5) is 11.4 Å². The predicted molar refractivity (Wildman–Crippen MR) is 90.3 cm³/mol. The zero-order valence-corrected chi connectivity index (χ0v) is 13.6. The number of carbonyl (C=O) groups is 3.